The number of nitrogens with zero attached hydrogens (tertiary/aromatic N) is 1. The van der Waals surface area contributed by atoms with Crippen molar-refractivity contribution in [1.82, 2.24) is 4.90 Å². The highest BCUT2D eigenvalue weighted by Crippen LogP contribution is 2.24. The molecule has 13 heavy (non-hydrogen) atoms. The fraction of sp³-hybridized carbons (Fsp3) is 0.300. The molecule has 0 spiro atoms. The molecule has 0 saturated heterocycles. The molecule has 0 atom stereocenters. The summed E-state index contributed by atoms with van der Waals surface area (Å²) in [5.41, 5.74) is 8.81. The first-order valence-corrected chi connectivity index (χ1v) is 4.29. The molecule has 0 radical (unpaired) electrons. The number of carbonyl (C=O) groups excluding carboxylic acids is 1. The Morgan fingerprint density at radius 1 is 1.38 bits per heavy atom. The summed E-state index contributed by atoms with van der Waals surface area (Å²) < 4.78 is 0. The van der Waals surface area contributed by atoms with Crippen LogP contribution in [0, 0.1) is 0 Å². The van der Waals surface area contributed by atoms with Crippen LogP contribution in [0.15, 0.2) is 18.2 Å². The molecular weight excluding hydrogens is 164 g/mol. The molecule has 68 valence electrons. The van der Waals surface area contributed by atoms with Gasteiger partial charge in [0, 0.05) is 25.7 Å². The topological polar surface area (TPSA) is 46.3 Å². The van der Waals surface area contributed by atoms with Gasteiger partial charge in [-0.05, 0) is 23.3 Å². The number of amides is 1. The van der Waals surface area contributed by atoms with Crippen molar-refractivity contribution in [3.05, 3.63) is 29.3 Å². The van der Waals surface area contributed by atoms with E-state index in [-0.39, 0.29) is 5.91 Å². The van der Waals surface area contributed by atoms with Gasteiger partial charge in [0.1, 0.15) is 0 Å². The first kappa shape index (κ1) is 8.10. The fourth-order valence-corrected chi connectivity index (χ4v) is 1.64. The van der Waals surface area contributed by atoms with E-state index >= 15 is 0 Å². The molecule has 1 aromatic carbocycles. The molecule has 1 aliphatic rings. The van der Waals surface area contributed by atoms with E-state index in [0.29, 0.717) is 6.54 Å². The van der Waals surface area contributed by atoms with E-state index in [2.05, 4.69) is 0 Å². The first-order chi connectivity index (χ1) is 6.16. The van der Waals surface area contributed by atoms with Crippen LogP contribution >= 0.6 is 0 Å². The molecule has 0 bridgehead atoms. The van der Waals surface area contributed by atoms with Gasteiger partial charge in [0.2, 0.25) is 5.91 Å². The van der Waals surface area contributed by atoms with Crippen LogP contribution in [0.1, 0.15) is 18.1 Å². The van der Waals surface area contributed by atoms with E-state index in [4.69, 9.17) is 5.73 Å². The number of nitrogens with two attached hydrogens (primary N) is 1. The van der Waals surface area contributed by atoms with Gasteiger partial charge in [0.25, 0.3) is 0 Å². The number of fused-ring (bicyclic) bond motifs is 1. The molecule has 1 aromatic rings. The normalized spacial score (nSPS) is 14.4. The number of rotatable bonds is 0. The van der Waals surface area contributed by atoms with Gasteiger partial charge in [0.15, 0.2) is 0 Å². The monoisotopic (exact) mass is 176 g/mol. The van der Waals surface area contributed by atoms with Crippen molar-refractivity contribution in [3.8, 4) is 0 Å². The summed E-state index contributed by atoms with van der Waals surface area (Å²) in [6, 6.07) is 5.81. The van der Waals surface area contributed by atoms with E-state index in [9.17, 15) is 4.79 Å². The summed E-state index contributed by atoms with van der Waals surface area (Å²) in [6.07, 6.45) is 0. The molecule has 0 aromatic heterocycles. The second kappa shape index (κ2) is 2.76. The van der Waals surface area contributed by atoms with E-state index in [1.165, 1.54) is 11.1 Å². The zero-order valence-electron chi connectivity index (χ0n) is 7.58. The molecule has 2 N–H and O–H groups in total. The Balaban J connectivity index is 2.30. The van der Waals surface area contributed by atoms with E-state index in [1.807, 2.05) is 23.1 Å². The average Bonchev–Trinajstić information content (AvgIpc) is 2.46. The van der Waals surface area contributed by atoms with E-state index in [1.54, 1.807) is 6.92 Å². The van der Waals surface area contributed by atoms with Gasteiger partial charge in [-0.25, -0.2) is 0 Å². The Hall–Kier alpha value is -1.51. The number of carbonyl (C=O) groups is 1. The number of hydrogen-bond donors (Lipinski definition) is 1. The Morgan fingerprint density at radius 2 is 2.08 bits per heavy atom. The number of anilines is 1. The molecule has 2 rings (SSSR count). The third kappa shape index (κ3) is 1.37. The summed E-state index contributed by atoms with van der Waals surface area (Å²) in [6.45, 7) is 3.02. The predicted octanol–water partition coefficient (Wildman–Crippen LogP) is 1.13. The van der Waals surface area contributed by atoms with Crippen molar-refractivity contribution in [2.75, 3.05) is 5.73 Å². The molecule has 0 saturated carbocycles. The second-order valence-electron chi connectivity index (χ2n) is 3.40. The Morgan fingerprint density at radius 3 is 2.77 bits per heavy atom. The number of nitrogen functional groups attached to an aromatic ring is 1. The Bertz CT molecular complexity index is 360. The molecule has 1 amide bonds. The highest BCUT2D eigenvalue weighted by Gasteiger charge is 2.20. The first-order valence-electron chi connectivity index (χ1n) is 4.29. The van der Waals surface area contributed by atoms with Crippen LogP contribution in [-0.2, 0) is 17.9 Å². The summed E-state index contributed by atoms with van der Waals surface area (Å²) >= 11 is 0. The maximum atomic E-state index is 11.1. The Labute approximate surface area is 77.1 Å². The van der Waals surface area contributed by atoms with Crippen LogP contribution in [0.4, 0.5) is 5.69 Å². The van der Waals surface area contributed by atoms with Gasteiger partial charge < -0.3 is 10.6 Å². The van der Waals surface area contributed by atoms with Gasteiger partial charge in [-0.3, -0.25) is 4.79 Å². The molecule has 1 heterocycles. The lowest BCUT2D eigenvalue weighted by Gasteiger charge is -2.10. The van der Waals surface area contributed by atoms with Gasteiger partial charge in [0.05, 0.1) is 0 Å². The van der Waals surface area contributed by atoms with Crippen molar-refractivity contribution >= 4 is 11.6 Å². The minimum Gasteiger partial charge on any atom is -0.399 e. The van der Waals surface area contributed by atoms with Crippen molar-refractivity contribution in [3.63, 3.8) is 0 Å². The third-order valence-corrected chi connectivity index (χ3v) is 2.40. The summed E-state index contributed by atoms with van der Waals surface area (Å²) in [7, 11) is 0. The van der Waals surface area contributed by atoms with Crippen LogP contribution in [0.5, 0.6) is 0 Å². The zero-order valence-corrected chi connectivity index (χ0v) is 7.58. The fourth-order valence-electron chi connectivity index (χ4n) is 1.64. The standard InChI is InChI=1S/C10H12N2O/c1-7(13)12-5-8-2-3-10(11)4-9(8)6-12/h2-4H,5-6,11H2,1H3. The van der Waals surface area contributed by atoms with E-state index < -0.39 is 0 Å². The van der Waals surface area contributed by atoms with Crippen LogP contribution in [0.3, 0.4) is 0 Å². The average molecular weight is 176 g/mol. The molecule has 1 aliphatic heterocycles. The molecule has 0 fully saturated rings. The van der Waals surface area contributed by atoms with Gasteiger partial charge in [-0.15, -0.1) is 0 Å². The number of benzene rings is 1. The lowest BCUT2D eigenvalue weighted by Crippen LogP contribution is -2.21. The minimum absolute atomic E-state index is 0.120. The van der Waals surface area contributed by atoms with Crippen LogP contribution in [0.25, 0.3) is 0 Å². The number of hydrogen-bond acceptors (Lipinski definition) is 2. The zero-order chi connectivity index (χ0) is 9.42. The predicted molar refractivity (Wildman–Crippen MR) is 50.8 cm³/mol. The maximum Gasteiger partial charge on any atom is 0.220 e. The molecule has 3 heteroatoms. The molecule has 0 unspecified atom stereocenters. The highest BCUT2D eigenvalue weighted by atomic mass is 16.2. The van der Waals surface area contributed by atoms with Crippen molar-refractivity contribution in [1.29, 1.82) is 0 Å². The smallest absolute Gasteiger partial charge is 0.220 e. The van der Waals surface area contributed by atoms with Crippen LogP contribution in [0.2, 0.25) is 0 Å². The third-order valence-electron chi connectivity index (χ3n) is 2.40. The van der Waals surface area contributed by atoms with Crippen molar-refractivity contribution < 1.29 is 4.79 Å². The molecular formula is C10H12N2O. The van der Waals surface area contributed by atoms with Gasteiger partial charge >= 0.3 is 0 Å². The second-order valence-corrected chi connectivity index (χ2v) is 3.40. The largest absolute Gasteiger partial charge is 0.399 e. The quantitative estimate of drug-likeness (QED) is 0.602. The van der Waals surface area contributed by atoms with Gasteiger partial charge in [-0.1, -0.05) is 6.07 Å². The highest BCUT2D eigenvalue weighted by molar-refractivity contribution is 5.74. The maximum absolute atomic E-state index is 11.1. The summed E-state index contributed by atoms with van der Waals surface area (Å²) in [5, 5.41) is 0. The molecule has 0 aliphatic carbocycles. The Kier molecular flexibility index (Phi) is 1.72. The molecule has 3 nitrogen and oxygen atoms in total. The summed E-state index contributed by atoms with van der Waals surface area (Å²) in [5.74, 6) is 0.120. The SMILES string of the molecule is CC(=O)N1Cc2ccc(N)cc2C1. The van der Waals surface area contributed by atoms with Crippen LogP contribution < -0.4 is 5.73 Å². The van der Waals surface area contributed by atoms with E-state index in [0.717, 1.165) is 12.2 Å². The van der Waals surface area contributed by atoms with Crippen molar-refractivity contribution in [2.45, 2.75) is 20.0 Å². The van der Waals surface area contributed by atoms with Crippen LogP contribution in [-0.4, -0.2) is 10.8 Å². The summed E-state index contributed by atoms with van der Waals surface area (Å²) in [4.78, 5) is 12.9. The lowest BCUT2D eigenvalue weighted by molar-refractivity contribution is -0.129. The van der Waals surface area contributed by atoms with Gasteiger partial charge in [-0.2, -0.15) is 0 Å². The minimum atomic E-state index is 0.120. The lowest BCUT2D eigenvalue weighted by atomic mass is 10.1. The van der Waals surface area contributed by atoms with Crippen molar-refractivity contribution in [2.24, 2.45) is 0 Å².